The Morgan fingerprint density at radius 3 is 2.85 bits per heavy atom. The topological polar surface area (TPSA) is 43.1 Å². The van der Waals surface area contributed by atoms with E-state index in [9.17, 15) is 4.79 Å². The van der Waals surface area contributed by atoms with Crippen molar-refractivity contribution in [3.05, 3.63) is 27.3 Å². The van der Waals surface area contributed by atoms with Gasteiger partial charge in [-0.25, -0.2) is 0 Å². The second-order valence-electron chi connectivity index (χ2n) is 2.57. The van der Waals surface area contributed by atoms with Gasteiger partial charge in [-0.1, -0.05) is 12.1 Å². The van der Waals surface area contributed by atoms with Gasteiger partial charge in [0.2, 0.25) is 0 Å². The molecule has 1 aromatic rings. The van der Waals surface area contributed by atoms with E-state index in [-0.39, 0.29) is 5.78 Å². The Kier molecular flexibility index (Phi) is 3.99. The van der Waals surface area contributed by atoms with Crippen molar-refractivity contribution >= 4 is 45.7 Å². The van der Waals surface area contributed by atoms with E-state index in [0.717, 1.165) is 3.57 Å². The van der Waals surface area contributed by atoms with Crippen LogP contribution in [0.4, 0.5) is 5.69 Å². The highest BCUT2D eigenvalue weighted by atomic mass is 127. The highest BCUT2D eigenvalue weighted by Crippen LogP contribution is 2.20. The summed E-state index contributed by atoms with van der Waals surface area (Å²) in [6, 6.07) is 5.32. The molecule has 0 aliphatic rings. The van der Waals surface area contributed by atoms with Crippen LogP contribution in [0.1, 0.15) is 16.8 Å². The largest absolute Gasteiger partial charge is 0.398 e. The number of benzene rings is 1. The maximum atomic E-state index is 11.5. The van der Waals surface area contributed by atoms with Gasteiger partial charge in [-0.15, -0.1) is 11.6 Å². The Balaban J connectivity index is 3.01. The maximum absolute atomic E-state index is 11.5. The van der Waals surface area contributed by atoms with Crippen LogP contribution < -0.4 is 5.73 Å². The molecule has 0 bridgehead atoms. The molecule has 0 saturated carbocycles. The van der Waals surface area contributed by atoms with Crippen molar-refractivity contribution in [3.8, 4) is 0 Å². The number of Topliss-reactive ketones (excluding diaryl/α,β-unsaturated/α-hetero) is 1. The zero-order valence-corrected chi connectivity index (χ0v) is 9.80. The Labute approximate surface area is 95.6 Å². The normalized spacial score (nSPS) is 10.0. The molecular formula is C9H9ClINO. The molecule has 2 N–H and O–H groups in total. The van der Waals surface area contributed by atoms with Crippen LogP contribution in [0.2, 0.25) is 0 Å². The molecule has 1 rings (SSSR count). The summed E-state index contributed by atoms with van der Waals surface area (Å²) in [5.41, 5.74) is 6.97. The molecule has 0 radical (unpaired) electrons. The lowest BCUT2D eigenvalue weighted by Gasteiger charge is -2.04. The first-order valence-corrected chi connectivity index (χ1v) is 5.41. The smallest absolute Gasteiger partial charge is 0.165 e. The van der Waals surface area contributed by atoms with Gasteiger partial charge in [-0.2, -0.15) is 0 Å². The van der Waals surface area contributed by atoms with Crippen LogP contribution >= 0.6 is 34.2 Å². The zero-order chi connectivity index (χ0) is 9.84. The number of hydrogen-bond acceptors (Lipinski definition) is 2. The van der Waals surface area contributed by atoms with Crippen molar-refractivity contribution in [1.82, 2.24) is 0 Å². The Bertz CT molecular complexity index is 327. The Morgan fingerprint density at radius 1 is 1.54 bits per heavy atom. The molecular weight excluding hydrogens is 300 g/mol. The molecule has 2 nitrogen and oxygen atoms in total. The number of nitrogens with two attached hydrogens (primary N) is 1. The highest BCUT2D eigenvalue weighted by molar-refractivity contribution is 14.1. The lowest BCUT2D eigenvalue weighted by molar-refractivity contribution is 0.0988. The molecule has 0 unspecified atom stereocenters. The summed E-state index contributed by atoms with van der Waals surface area (Å²) >= 11 is 7.55. The number of ketones is 1. The monoisotopic (exact) mass is 309 g/mol. The van der Waals surface area contributed by atoms with Gasteiger partial charge in [0.25, 0.3) is 0 Å². The van der Waals surface area contributed by atoms with Gasteiger partial charge < -0.3 is 5.73 Å². The summed E-state index contributed by atoms with van der Waals surface area (Å²) in [7, 11) is 0. The van der Waals surface area contributed by atoms with Crippen LogP contribution in [0.5, 0.6) is 0 Å². The number of rotatable bonds is 3. The van der Waals surface area contributed by atoms with Crippen molar-refractivity contribution in [3.63, 3.8) is 0 Å². The fourth-order valence-electron chi connectivity index (χ4n) is 0.986. The average molecular weight is 310 g/mol. The molecule has 0 atom stereocenters. The van der Waals surface area contributed by atoms with Crippen LogP contribution in [0, 0.1) is 3.57 Å². The molecule has 0 spiro atoms. The quantitative estimate of drug-likeness (QED) is 0.404. The van der Waals surface area contributed by atoms with E-state index < -0.39 is 0 Å². The van der Waals surface area contributed by atoms with Crippen molar-refractivity contribution in [2.24, 2.45) is 0 Å². The molecule has 0 saturated heterocycles. The number of anilines is 1. The zero-order valence-electron chi connectivity index (χ0n) is 6.89. The van der Waals surface area contributed by atoms with Gasteiger partial charge in [0.15, 0.2) is 5.78 Å². The molecule has 0 heterocycles. The van der Waals surface area contributed by atoms with Crippen LogP contribution in [-0.2, 0) is 0 Å². The second kappa shape index (κ2) is 4.81. The Morgan fingerprint density at radius 2 is 2.23 bits per heavy atom. The summed E-state index contributed by atoms with van der Waals surface area (Å²) in [5.74, 6) is 0.399. The number of hydrogen-bond donors (Lipinski definition) is 1. The van der Waals surface area contributed by atoms with Gasteiger partial charge in [0.1, 0.15) is 0 Å². The first-order valence-electron chi connectivity index (χ1n) is 3.80. The minimum Gasteiger partial charge on any atom is -0.398 e. The van der Waals surface area contributed by atoms with Gasteiger partial charge >= 0.3 is 0 Å². The lowest BCUT2D eigenvalue weighted by atomic mass is 10.1. The van der Waals surface area contributed by atoms with Gasteiger partial charge in [0.05, 0.1) is 0 Å². The highest BCUT2D eigenvalue weighted by Gasteiger charge is 2.10. The second-order valence-corrected chi connectivity index (χ2v) is 4.03. The van der Waals surface area contributed by atoms with Crippen LogP contribution in [0.3, 0.4) is 0 Å². The SMILES string of the molecule is Nc1cccc(C(=O)CCCl)c1I. The molecule has 1 aromatic carbocycles. The summed E-state index contributed by atoms with van der Waals surface area (Å²) < 4.78 is 0.815. The third kappa shape index (κ3) is 2.57. The molecule has 0 aromatic heterocycles. The number of halogens is 2. The van der Waals surface area contributed by atoms with Crippen molar-refractivity contribution in [1.29, 1.82) is 0 Å². The maximum Gasteiger partial charge on any atom is 0.165 e. The van der Waals surface area contributed by atoms with Crippen molar-refractivity contribution in [2.75, 3.05) is 11.6 Å². The van der Waals surface area contributed by atoms with Crippen molar-refractivity contribution in [2.45, 2.75) is 6.42 Å². The number of carbonyl (C=O) groups is 1. The summed E-state index contributed by atoms with van der Waals surface area (Å²) in [6.07, 6.45) is 0.362. The van der Waals surface area contributed by atoms with Crippen LogP contribution in [0.25, 0.3) is 0 Å². The third-order valence-electron chi connectivity index (χ3n) is 1.65. The van der Waals surface area contributed by atoms with Crippen LogP contribution in [0.15, 0.2) is 18.2 Å². The van der Waals surface area contributed by atoms with E-state index in [2.05, 4.69) is 22.6 Å². The van der Waals surface area contributed by atoms with Crippen molar-refractivity contribution < 1.29 is 4.79 Å². The molecule has 4 heteroatoms. The molecule has 70 valence electrons. The van der Waals surface area contributed by atoms with E-state index in [1.54, 1.807) is 18.2 Å². The first kappa shape index (κ1) is 10.8. The van der Waals surface area contributed by atoms with E-state index >= 15 is 0 Å². The van der Waals surface area contributed by atoms with E-state index in [1.165, 1.54) is 0 Å². The van der Waals surface area contributed by atoms with E-state index in [1.807, 2.05) is 0 Å². The fourth-order valence-corrected chi connectivity index (χ4v) is 1.82. The lowest BCUT2D eigenvalue weighted by Crippen LogP contribution is -2.04. The summed E-state index contributed by atoms with van der Waals surface area (Å²) in [6.45, 7) is 0. The first-order chi connectivity index (χ1) is 6.16. The minimum atomic E-state index is 0.0479. The molecule has 0 aliphatic carbocycles. The number of carbonyl (C=O) groups excluding carboxylic acids is 1. The third-order valence-corrected chi connectivity index (χ3v) is 3.04. The Hall–Kier alpha value is -0.290. The predicted octanol–water partition coefficient (Wildman–Crippen LogP) is 2.69. The van der Waals surface area contributed by atoms with Gasteiger partial charge in [-0.05, 0) is 28.7 Å². The molecule has 13 heavy (non-hydrogen) atoms. The number of nitrogen functional groups attached to an aromatic ring is 1. The fraction of sp³-hybridized carbons (Fsp3) is 0.222. The van der Waals surface area contributed by atoms with Gasteiger partial charge in [-0.3, -0.25) is 4.79 Å². The standard InChI is InChI=1S/C9H9ClINO/c10-5-4-8(13)6-2-1-3-7(12)9(6)11/h1-3H,4-5,12H2. The summed E-state index contributed by atoms with van der Waals surface area (Å²) in [4.78, 5) is 11.5. The summed E-state index contributed by atoms with van der Waals surface area (Å²) in [5, 5.41) is 0. The molecule has 0 aliphatic heterocycles. The molecule has 0 fully saturated rings. The average Bonchev–Trinajstić information content (AvgIpc) is 2.10. The number of alkyl halides is 1. The molecule has 0 amide bonds. The van der Waals surface area contributed by atoms with Crippen LogP contribution in [-0.4, -0.2) is 11.7 Å². The van der Waals surface area contributed by atoms with Gasteiger partial charge in [0, 0.05) is 27.1 Å². The van der Waals surface area contributed by atoms with E-state index in [4.69, 9.17) is 17.3 Å². The minimum absolute atomic E-state index is 0.0479. The van der Waals surface area contributed by atoms with E-state index in [0.29, 0.717) is 23.6 Å². The predicted molar refractivity (Wildman–Crippen MR) is 63.2 cm³/mol.